The first-order valence-electron chi connectivity index (χ1n) is 6.81. The number of carbonyl (C=O) groups is 2. The molecule has 0 bridgehead atoms. The molecule has 0 unspecified atom stereocenters. The number of ether oxygens (including phenoxy) is 1. The van der Waals surface area contributed by atoms with Gasteiger partial charge in [-0.1, -0.05) is 11.8 Å². The number of carboxylic acids is 1. The van der Waals surface area contributed by atoms with Crippen LogP contribution in [0.15, 0.2) is 21.6 Å². The van der Waals surface area contributed by atoms with Gasteiger partial charge >= 0.3 is 5.97 Å². The van der Waals surface area contributed by atoms with Gasteiger partial charge in [-0.3, -0.25) is 9.59 Å². The molecule has 0 saturated carbocycles. The molecule has 1 N–H and O–H groups in total. The second-order valence-electron chi connectivity index (χ2n) is 5.49. The maximum atomic E-state index is 12.5. The highest BCUT2D eigenvalue weighted by Crippen LogP contribution is 2.42. The van der Waals surface area contributed by atoms with E-state index in [1.54, 1.807) is 17.0 Å². The first kappa shape index (κ1) is 14.5. The molecule has 21 heavy (non-hydrogen) atoms. The van der Waals surface area contributed by atoms with E-state index in [2.05, 4.69) is 0 Å². The number of furan rings is 1. The van der Waals surface area contributed by atoms with Crippen molar-refractivity contribution in [3.05, 3.63) is 17.9 Å². The standard InChI is InChI=1S/C14H17NO5S/c1-21-11-3-2-10(20-11)12(16)15-6-9-7-19-5-4-14(9,8-15)13(17)18/h2-3,9H,4-8H2,1H3,(H,17,18)/t9-,14+/m0/s1. The lowest BCUT2D eigenvalue weighted by Gasteiger charge is -2.33. The van der Waals surface area contributed by atoms with Gasteiger partial charge in [-0.05, 0) is 24.8 Å². The van der Waals surface area contributed by atoms with Gasteiger partial charge in [-0.25, -0.2) is 0 Å². The van der Waals surface area contributed by atoms with E-state index in [9.17, 15) is 14.7 Å². The summed E-state index contributed by atoms with van der Waals surface area (Å²) >= 11 is 1.42. The van der Waals surface area contributed by atoms with Crippen molar-refractivity contribution >= 4 is 23.6 Å². The molecule has 3 rings (SSSR count). The van der Waals surface area contributed by atoms with Crippen molar-refractivity contribution in [3.8, 4) is 0 Å². The first-order chi connectivity index (χ1) is 10.1. The number of carbonyl (C=O) groups excluding carboxylic acids is 1. The predicted octanol–water partition coefficient (Wildman–Crippen LogP) is 1.56. The van der Waals surface area contributed by atoms with Crippen LogP contribution in [-0.2, 0) is 9.53 Å². The van der Waals surface area contributed by atoms with E-state index in [1.807, 2.05) is 6.26 Å². The number of amides is 1. The van der Waals surface area contributed by atoms with Gasteiger partial charge in [0.2, 0.25) is 0 Å². The first-order valence-corrected chi connectivity index (χ1v) is 8.03. The molecule has 0 radical (unpaired) electrons. The lowest BCUT2D eigenvalue weighted by Crippen LogP contribution is -2.45. The van der Waals surface area contributed by atoms with Gasteiger partial charge in [0.1, 0.15) is 0 Å². The summed E-state index contributed by atoms with van der Waals surface area (Å²) in [7, 11) is 0. The molecule has 2 atom stereocenters. The summed E-state index contributed by atoms with van der Waals surface area (Å²) in [6.07, 6.45) is 2.32. The summed E-state index contributed by atoms with van der Waals surface area (Å²) in [6, 6.07) is 3.39. The second kappa shape index (κ2) is 5.38. The monoisotopic (exact) mass is 311 g/mol. The highest BCUT2D eigenvalue weighted by molar-refractivity contribution is 7.98. The quantitative estimate of drug-likeness (QED) is 0.854. The van der Waals surface area contributed by atoms with Crippen LogP contribution in [0.1, 0.15) is 17.0 Å². The van der Waals surface area contributed by atoms with Crippen LogP contribution in [0.25, 0.3) is 0 Å². The van der Waals surface area contributed by atoms with E-state index in [4.69, 9.17) is 9.15 Å². The number of thioether (sulfide) groups is 1. The van der Waals surface area contributed by atoms with Crippen LogP contribution >= 0.6 is 11.8 Å². The van der Waals surface area contributed by atoms with Crippen molar-refractivity contribution in [2.75, 3.05) is 32.6 Å². The van der Waals surface area contributed by atoms with Gasteiger partial charge in [0.25, 0.3) is 5.91 Å². The maximum absolute atomic E-state index is 12.5. The average molecular weight is 311 g/mol. The number of nitrogens with zero attached hydrogens (tertiary/aromatic N) is 1. The zero-order valence-electron chi connectivity index (χ0n) is 11.7. The zero-order valence-corrected chi connectivity index (χ0v) is 12.5. The van der Waals surface area contributed by atoms with E-state index >= 15 is 0 Å². The molecule has 114 valence electrons. The molecule has 7 heteroatoms. The molecular formula is C14H17NO5S. The molecule has 1 aromatic rings. The zero-order chi connectivity index (χ0) is 15.0. The molecular weight excluding hydrogens is 294 g/mol. The fourth-order valence-electron chi connectivity index (χ4n) is 3.15. The van der Waals surface area contributed by atoms with Gasteiger partial charge < -0.3 is 19.2 Å². The third-order valence-corrected chi connectivity index (χ3v) is 5.04. The molecule has 2 fully saturated rings. The fraction of sp³-hybridized carbons (Fsp3) is 0.571. The highest BCUT2D eigenvalue weighted by atomic mass is 32.2. The minimum atomic E-state index is -0.872. The third kappa shape index (κ3) is 2.34. The van der Waals surface area contributed by atoms with E-state index in [0.717, 1.165) is 0 Å². The van der Waals surface area contributed by atoms with E-state index in [0.29, 0.717) is 31.3 Å². The van der Waals surface area contributed by atoms with Crippen molar-refractivity contribution < 1.29 is 23.8 Å². The predicted molar refractivity (Wildman–Crippen MR) is 75.4 cm³/mol. The summed E-state index contributed by atoms with van der Waals surface area (Å²) in [4.78, 5) is 25.7. The number of rotatable bonds is 3. The van der Waals surface area contributed by atoms with E-state index < -0.39 is 11.4 Å². The van der Waals surface area contributed by atoms with E-state index in [1.165, 1.54) is 11.8 Å². The summed E-state index contributed by atoms with van der Waals surface area (Å²) in [5.74, 6) is -0.970. The van der Waals surface area contributed by atoms with Gasteiger partial charge in [-0.15, -0.1) is 0 Å². The average Bonchev–Trinajstić information content (AvgIpc) is 3.11. The number of aliphatic carboxylic acids is 1. The summed E-state index contributed by atoms with van der Waals surface area (Å²) < 4.78 is 10.8. The Morgan fingerprint density at radius 1 is 1.48 bits per heavy atom. The van der Waals surface area contributed by atoms with Crippen LogP contribution in [0, 0.1) is 11.3 Å². The van der Waals surface area contributed by atoms with Gasteiger partial charge in [-0.2, -0.15) is 0 Å². The molecule has 6 nitrogen and oxygen atoms in total. The van der Waals surface area contributed by atoms with Crippen molar-refractivity contribution in [2.24, 2.45) is 11.3 Å². The minimum Gasteiger partial charge on any atom is -0.481 e. The molecule has 2 saturated heterocycles. The fourth-order valence-corrected chi connectivity index (χ4v) is 3.53. The van der Waals surface area contributed by atoms with Crippen LogP contribution in [0.3, 0.4) is 0 Å². The topological polar surface area (TPSA) is 80.0 Å². The van der Waals surface area contributed by atoms with Crippen molar-refractivity contribution in [2.45, 2.75) is 11.5 Å². The molecule has 1 amide bonds. The van der Waals surface area contributed by atoms with Crippen molar-refractivity contribution in [3.63, 3.8) is 0 Å². The molecule has 2 aliphatic heterocycles. The van der Waals surface area contributed by atoms with Crippen molar-refractivity contribution in [1.29, 1.82) is 0 Å². The number of hydrogen-bond donors (Lipinski definition) is 1. The van der Waals surface area contributed by atoms with Crippen LogP contribution < -0.4 is 0 Å². The summed E-state index contributed by atoms with van der Waals surface area (Å²) in [6.45, 7) is 1.46. The largest absolute Gasteiger partial charge is 0.481 e. The third-order valence-electron chi connectivity index (χ3n) is 4.41. The van der Waals surface area contributed by atoms with Crippen LogP contribution in [0.4, 0.5) is 0 Å². The Balaban J connectivity index is 1.81. The lowest BCUT2D eigenvalue weighted by atomic mass is 9.74. The Bertz CT molecular complexity index is 571. The van der Waals surface area contributed by atoms with Gasteiger partial charge in [0, 0.05) is 25.6 Å². The van der Waals surface area contributed by atoms with Crippen LogP contribution in [0.2, 0.25) is 0 Å². The normalized spacial score (nSPS) is 28.4. The molecule has 1 aromatic heterocycles. The Morgan fingerprint density at radius 3 is 2.90 bits per heavy atom. The lowest BCUT2D eigenvalue weighted by molar-refractivity contribution is -0.157. The minimum absolute atomic E-state index is 0.150. The Labute approximate surface area is 126 Å². The number of hydrogen-bond acceptors (Lipinski definition) is 5. The number of carboxylic acid groups (broad SMARTS) is 1. The summed E-state index contributed by atoms with van der Waals surface area (Å²) in [5, 5.41) is 10.3. The van der Waals surface area contributed by atoms with Gasteiger partial charge in [0.05, 0.1) is 12.0 Å². The molecule has 0 aromatic carbocycles. The Kier molecular flexibility index (Phi) is 3.71. The molecule has 2 aliphatic rings. The van der Waals surface area contributed by atoms with E-state index in [-0.39, 0.29) is 24.1 Å². The SMILES string of the molecule is CSc1ccc(C(=O)N2C[C@H]3COCC[C@@]3(C(=O)O)C2)o1. The van der Waals surface area contributed by atoms with Gasteiger partial charge in [0.15, 0.2) is 10.9 Å². The molecule has 0 aliphatic carbocycles. The van der Waals surface area contributed by atoms with Crippen LogP contribution in [0.5, 0.6) is 0 Å². The maximum Gasteiger partial charge on any atom is 0.311 e. The number of fused-ring (bicyclic) bond motifs is 1. The summed E-state index contributed by atoms with van der Waals surface area (Å²) in [5.41, 5.74) is -0.872. The Morgan fingerprint density at radius 2 is 2.29 bits per heavy atom. The molecule has 3 heterocycles. The smallest absolute Gasteiger partial charge is 0.311 e. The Hall–Kier alpha value is -1.47. The molecule has 0 spiro atoms. The number of likely N-dealkylation sites (tertiary alicyclic amines) is 1. The van der Waals surface area contributed by atoms with Crippen molar-refractivity contribution in [1.82, 2.24) is 4.90 Å². The highest BCUT2D eigenvalue weighted by Gasteiger charge is 2.55. The van der Waals surface area contributed by atoms with Crippen LogP contribution in [-0.4, -0.2) is 54.4 Å². The second-order valence-corrected chi connectivity index (χ2v) is 6.30.